The molecule has 7 nitrogen and oxygen atoms in total. The molecule has 9 heteroatoms. The molecule has 2 aliphatic heterocycles. The Bertz CT molecular complexity index is 1280. The fourth-order valence-electron chi connectivity index (χ4n) is 4.37. The van der Waals surface area contributed by atoms with E-state index in [-0.39, 0.29) is 11.5 Å². The highest BCUT2D eigenvalue weighted by Gasteiger charge is 2.44. The summed E-state index contributed by atoms with van der Waals surface area (Å²) in [4.78, 5) is 25.9. The van der Waals surface area contributed by atoms with E-state index in [0.717, 1.165) is 22.2 Å². The van der Waals surface area contributed by atoms with Crippen LogP contribution in [0.4, 0.5) is 4.39 Å². The molecule has 0 aliphatic carbocycles. The number of nitrogens with zero attached hydrogens (tertiary/aromatic N) is 4. The minimum absolute atomic E-state index is 0.176. The molecular formula is C22H19FN4O3S. The number of carbonyl (C=O) groups excluding carboxylic acids is 1. The Kier molecular flexibility index (Phi) is 4.60. The van der Waals surface area contributed by atoms with Crippen molar-refractivity contribution in [3.63, 3.8) is 0 Å². The van der Waals surface area contributed by atoms with Crippen molar-refractivity contribution in [1.29, 1.82) is 0 Å². The van der Waals surface area contributed by atoms with E-state index in [2.05, 4.69) is 5.10 Å². The summed E-state index contributed by atoms with van der Waals surface area (Å²) in [5, 5.41) is 17.7. The number of benzene rings is 2. The van der Waals surface area contributed by atoms with Crippen LogP contribution in [-0.2, 0) is 5.75 Å². The van der Waals surface area contributed by atoms with Crippen LogP contribution in [-0.4, -0.2) is 44.9 Å². The van der Waals surface area contributed by atoms with E-state index in [1.807, 2.05) is 30.3 Å². The molecular weight excluding hydrogens is 419 g/mol. The van der Waals surface area contributed by atoms with Crippen molar-refractivity contribution in [2.45, 2.75) is 22.7 Å². The van der Waals surface area contributed by atoms with E-state index in [0.29, 0.717) is 11.3 Å². The summed E-state index contributed by atoms with van der Waals surface area (Å²) in [7, 11) is 3.31. The summed E-state index contributed by atoms with van der Waals surface area (Å²) in [6.07, 6.45) is 0.381. The molecule has 2 aromatic carbocycles. The van der Waals surface area contributed by atoms with Crippen LogP contribution in [0.15, 0.2) is 58.4 Å². The third-order valence-corrected chi connectivity index (χ3v) is 7.12. The second-order valence-corrected chi connectivity index (χ2v) is 8.60. The monoisotopic (exact) mass is 438 g/mol. The maximum atomic E-state index is 14.9. The molecule has 1 amide bonds. The number of hydrazine groups is 1. The Morgan fingerprint density at radius 2 is 1.84 bits per heavy atom. The van der Waals surface area contributed by atoms with Gasteiger partial charge in [0.1, 0.15) is 12.0 Å². The molecule has 0 saturated carbocycles. The van der Waals surface area contributed by atoms with Crippen LogP contribution >= 0.6 is 11.8 Å². The molecule has 158 valence electrons. The number of likely N-dealkylation sites (N-methyl/N-ethyl adjacent to an activating group) is 1. The number of amides is 1. The van der Waals surface area contributed by atoms with Gasteiger partial charge in [-0.25, -0.2) is 9.07 Å². The van der Waals surface area contributed by atoms with Crippen LogP contribution in [0.1, 0.15) is 39.3 Å². The molecule has 0 fully saturated rings. The van der Waals surface area contributed by atoms with E-state index in [9.17, 15) is 19.1 Å². The summed E-state index contributed by atoms with van der Waals surface area (Å²) in [6, 6.07) is 12.8. The van der Waals surface area contributed by atoms with Crippen molar-refractivity contribution in [2.24, 2.45) is 0 Å². The first-order valence-corrected chi connectivity index (χ1v) is 10.7. The van der Waals surface area contributed by atoms with Crippen molar-refractivity contribution in [3.8, 4) is 5.75 Å². The van der Waals surface area contributed by atoms with Gasteiger partial charge in [-0.1, -0.05) is 30.3 Å². The summed E-state index contributed by atoms with van der Waals surface area (Å²) in [5.74, 6) is -1.42. The van der Waals surface area contributed by atoms with Crippen molar-refractivity contribution in [2.75, 3.05) is 14.1 Å². The van der Waals surface area contributed by atoms with Gasteiger partial charge in [0.15, 0.2) is 11.4 Å². The molecule has 2 aliphatic rings. The van der Waals surface area contributed by atoms with Crippen molar-refractivity contribution < 1.29 is 14.3 Å². The van der Waals surface area contributed by atoms with Crippen LogP contribution in [0.25, 0.3) is 0 Å². The van der Waals surface area contributed by atoms with Crippen LogP contribution < -0.4 is 5.43 Å². The highest BCUT2D eigenvalue weighted by atomic mass is 32.2. The molecule has 3 aromatic rings. The van der Waals surface area contributed by atoms with E-state index < -0.39 is 29.2 Å². The van der Waals surface area contributed by atoms with E-state index in [1.54, 1.807) is 36.9 Å². The van der Waals surface area contributed by atoms with Gasteiger partial charge in [0.2, 0.25) is 5.43 Å². The minimum Gasteiger partial charge on any atom is -0.502 e. The lowest BCUT2D eigenvalue weighted by Crippen LogP contribution is -2.54. The lowest BCUT2D eigenvalue weighted by atomic mass is 9.85. The second-order valence-electron chi connectivity index (χ2n) is 7.58. The summed E-state index contributed by atoms with van der Waals surface area (Å²) in [5.41, 5.74) is 1.43. The summed E-state index contributed by atoms with van der Waals surface area (Å²) < 4.78 is 16.2. The fourth-order valence-corrected chi connectivity index (χ4v) is 5.52. The van der Waals surface area contributed by atoms with Gasteiger partial charge in [-0.05, 0) is 23.3 Å². The first-order valence-electron chi connectivity index (χ1n) is 9.70. The van der Waals surface area contributed by atoms with E-state index >= 15 is 0 Å². The maximum Gasteiger partial charge on any atom is 0.290 e. The zero-order chi connectivity index (χ0) is 21.9. The molecule has 0 spiro atoms. The lowest BCUT2D eigenvalue weighted by Gasteiger charge is -2.44. The van der Waals surface area contributed by atoms with Crippen LogP contribution in [0.3, 0.4) is 0 Å². The third-order valence-electron chi connectivity index (χ3n) is 6.00. The number of aromatic nitrogens is 2. The number of halogens is 1. The van der Waals surface area contributed by atoms with Gasteiger partial charge in [-0.15, -0.1) is 11.8 Å². The van der Waals surface area contributed by atoms with Crippen molar-refractivity contribution in [1.82, 2.24) is 19.8 Å². The predicted octanol–water partition coefficient (Wildman–Crippen LogP) is 2.96. The molecule has 3 heterocycles. The lowest BCUT2D eigenvalue weighted by molar-refractivity contribution is -0.0540. The van der Waals surface area contributed by atoms with Crippen LogP contribution in [0, 0.1) is 5.82 Å². The Morgan fingerprint density at radius 1 is 1.10 bits per heavy atom. The second kappa shape index (κ2) is 7.21. The zero-order valence-corrected chi connectivity index (χ0v) is 17.6. The molecule has 1 aromatic heterocycles. The topological polar surface area (TPSA) is 78.7 Å². The normalized spacial score (nSPS) is 20.6. The largest absolute Gasteiger partial charge is 0.502 e. The maximum absolute atomic E-state index is 14.9. The number of rotatable bonds is 1. The van der Waals surface area contributed by atoms with E-state index in [4.69, 9.17) is 0 Å². The molecule has 1 N–H and O–H groups in total. The average Bonchev–Trinajstić information content (AvgIpc) is 2.93. The third kappa shape index (κ3) is 2.88. The number of thioether (sulfide) groups is 1. The first-order chi connectivity index (χ1) is 14.9. The highest BCUT2D eigenvalue weighted by Crippen LogP contribution is 2.48. The zero-order valence-electron chi connectivity index (χ0n) is 16.8. The standard InChI is InChI=1S/C22H19FN4O3S/c1-25-21(27-19(22(30)26(25)2)20(29)16(28)10-24-27)18-12-7-5-8-15(23)14(12)11-31-17-9-4-3-6-13(17)18/h3-10,18,21,29H,11H2,1-2H3/t18?,21-/m0/s1. The molecule has 1 unspecified atom stereocenters. The molecule has 0 bridgehead atoms. The van der Waals surface area contributed by atoms with E-state index in [1.165, 1.54) is 15.8 Å². The Hall–Kier alpha value is -3.17. The van der Waals surface area contributed by atoms with Gasteiger partial charge in [0.05, 0.1) is 6.20 Å². The number of hydrogen-bond donors (Lipinski definition) is 1. The number of hydrogen-bond acceptors (Lipinski definition) is 6. The van der Waals surface area contributed by atoms with Gasteiger partial charge in [0.25, 0.3) is 5.91 Å². The number of carbonyl (C=O) groups is 1. The Labute approximate surface area is 181 Å². The SMILES string of the molecule is CN1C(=O)c2c(O)c(=O)cnn2[C@@H](C2c3ccccc3SCc3c(F)cccc32)N1C. The molecule has 0 saturated heterocycles. The number of aromatic hydroxyl groups is 1. The first kappa shape index (κ1) is 19.8. The number of fused-ring (bicyclic) bond motifs is 3. The predicted molar refractivity (Wildman–Crippen MR) is 113 cm³/mol. The minimum atomic E-state index is -0.723. The fraction of sp³-hybridized carbons (Fsp3) is 0.227. The van der Waals surface area contributed by atoms with Crippen molar-refractivity contribution >= 4 is 17.7 Å². The van der Waals surface area contributed by atoms with Crippen LogP contribution in [0.5, 0.6) is 5.75 Å². The van der Waals surface area contributed by atoms with Gasteiger partial charge < -0.3 is 5.11 Å². The van der Waals surface area contributed by atoms with Crippen LogP contribution in [0.2, 0.25) is 0 Å². The average molecular weight is 438 g/mol. The quantitative estimate of drug-likeness (QED) is 0.630. The van der Waals surface area contributed by atoms with Gasteiger partial charge in [-0.3, -0.25) is 14.6 Å². The summed E-state index contributed by atoms with van der Waals surface area (Å²) in [6.45, 7) is 0. The van der Waals surface area contributed by atoms with Gasteiger partial charge >= 0.3 is 0 Å². The summed E-state index contributed by atoms with van der Waals surface area (Å²) >= 11 is 1.56. The highest BCUT2D eigenvalue weighted by molar-refractivity contribution is 7.98. The van der Waals surface area contributed by atoms with Gasteiger partial charge in [0, 0.05) is 36.2 Å². The smallest absolute Gasteiger partial charge is 0.290 e. The molecule has 31 heavy (non-hydrogen) atoms. The van der Waals surface area contributed by atoms with Crippen molar-refractivity contribution in [3.05, 3.63) is 87.1 Å². The molecule has 0 radical (unpaired) electrons. The molecule has 2 atom stereocenters. The Morgan fingerprint density at radius 3 is 2.65 bits per heavy atom. The molecule has 5 rings (SSSR count). The van der Waals surface area contributed by atoms with Gasteiger partial charge in [-0.2, -0.15) is 10.1 Å². The Balaban J connectivity index is 1.84.